The summed E-state index contributed by atoms with van der Waals surface area (Å²) >= 11 is 0. The number of imidazole rings is 1. The van der Waals surface area contributed by atoms with Gasteiger partial charge in [0.25, 0.3) is 0 Å². The number of H-pyrrole nitrogens is 1. The molecule has 0 saturated carbocycles. The summed E-state index contributed by atoms with van der Waals surface area (Å²) in [6.07, 6.45) is 5.57. The zero-order chi connectivity index (χ0) is 10.7. The number of hydrogen-bond donors (Lipinski definition) is 2. The highest BCUT2D eigenvalue weighted by Gasteiger charge is 2.17. The number of aromatic nitrogens is 2. The topological polar surface area (TPSA) is 40.7 Å². The van der Waals surface area contributed by atoms with Crippen molar-refractivity contribution in [1.29, 1.82) is 0 Å². The van der Waals surface area contributed by atoms with E-state index in [-0.39, 0.29) is 0 Å². The molecule has 0 aliphatic carbocycles. The molecule has 0 bridgehead atoms. The van der Waals surface area contributed by atoms with Crippen molar-refractivity contribution < 1.29 is 0 Å². The molecule has 0 amide bonds. The van der Waals surface area contributed by atoms with Gasteiger partial charge in [-0.3, -0.25) is 0 Å². The van der Waals surface area contributed by atoms with E-state index in [4.69, 9.17) is 0 Å². The standard InChI is InChI=1S/C12H21N3/c1-9(2)7-12-14-8-11(15-12)10-3-5-13-6-4-10/h8-10,13H,3-7H2,1-2H3,(H,14,15). The third-order valence-corrected chi connectivity index (χ3v) is 3.03. The van der Waals surface area contributed by atoms with Crippen LogP contribution in [-0.2, 0) is 6.42 Å². The third-order valence-electron chi connectivity index (χ3n) is 3.03. The van der Waals surface area contributed by atoms with E-state index in [0.29, 0.717) is 11.8 Å². The first-order chi connectivity index (χ1) is 7.25. The Balaban J connectivity index is 1.99. The number of nitrogens with zero attached hydrogens (tertiary/aromatic N) is 1. The SMILES string of the molecule is CC(C)Cc1ncc(C2CCNCC2)[nH]1. The zero-order valence-corrected chi connectivity index (χ0v) is 9.71. The third kappa shape index (κ3) is 2.81. The summed E-state index contributed by atoms with van der Waals surface area (Å²) in [7, 11) is 0. The molecule has 1 aromatic rings. The van der Waals surface area contributed by atoms with Crippen LogP contribution in [0.2, 0.25) is 0 Å². The predicted octanol–water partition coefficient (Wildman–Crippen LogP) is 2.08. The molecule has 1 aliphatic heterocycles. The minimum atomic E-state index is 0.678. The van der Waals surface area contributed by atoms with Crippen LogP contribution >= 0.6 is 0 Å². The minimum Gasteiger partial charge on any atom is -0.346 e. The number of hydrogen-bond acceptors (Lipinski definition) is 2. The highest BCUT2D eigenvalue weighted by molar-refractivity contribution is 5.09. The molecule has 2 N–H and O–H groups in total. The second kappa shape index (κ2) is 4.79. The Morgan fingerprint density at radius 3 is 2.80 bits per heavy atom. The first-order valence-corrected chi connectivity index (χ1v) is 6.00. The first-order valence-electron chi connectivity index (χ1n) is 6.00. The largest absolute Gasteiger partial charge is 0.346 e. The molecule has 1 saturated heterocycles. The molecule has 0 unspecified atom stereocenters. The van der Waals surface area contributed by atoms with Gasteiger partial charge in [-0.25, -0.2) is 4.98 Å². The van der Waals surface area contributed by atoms with E-state index in [2.05, 4.69) is 29.1 Å². The molecule has 1 aromatic heterocycles. The van der Waals surface area contributed by atoms with Gasteiger partial charge in [0.1, 0.15) is 5.82 Å². The summed E-state index contributed by atoms with van der Waals surface area (Å²) in [5.41, 5.74) is 1.34. The van der Waals surface area contributed by atoms with Gasteiger partial charge in [-0.2, -0.15) is 0 Å². The van der Waals surface area contributed by atoms with Crippen LogP contribution in [0.5, 0.6) is 0 Å². The summed E-state index contributed by atoms with van der Waals surface area (Å²) in [6.45, 7) is 6.74. The fourth-order valence-corrected chi connectivity index (χ4v) is 2.21. The molecule has 2 heterocycles. The number of nitrogens with one attached hydrogen (secondary N) is 2. The molecule has 84 valence electrons. The maximum absolute atomic E-state index is 4.46. The van der Waals surface area contributed by atoms with Crippen molar-refractivity contribution in [3.8, 4) is 0 Å². The van der Waals surface area contributed by atoms with Crippen LogP contribution in [0.15, 0.2) is 6.20 Å². The Kier molecular flexibility index (Phi) is 3.41. The van der Waals surface area contributed by atoms with E-state index in [1.54, 1.807) is 0 Å². The monoisotopic (exact) mass is 207 g/mol. The smallest absolute Gasteiger partial charge is 0.106 e. The molecule has 3 nitrogen and oxygen atoms in total. The molecule has 0 atom stereocenters. The fraction of sp³-hybridized carbons (Fsp3) is 0.750. The Bertz CT molecular complexity index is 298. The summed E-state index contributed by atoms with van der Waals surface area (Å²) < 4.78 is 0. The lowest BCUT2D eigenvalue weighted by Crippen LogP contribution is -2.26. The maximum atomic E-state index is 4.46. The molecule has 2 rings (SSSR count). The zero-order valence-electron chi connectivity index (χ0n) is 9.71. The molecule has 0 radical (unpaired) electrons. The summed E-state index contributed by atoms with van der Waals surface area (Å²) in [5.74, 6) is 2.52. The molecular formula is C12H21N3. The van der Waals surface area contributed by atoms with Crippen molar-refractivity contribution in [2.45, 2.75) is 39.0 Å². The lowest BCUT2D eigenvalue weighted by atomic mass is 9.95. The summed E-state index contributed by atoms with van der Waals surface area (Å²) in [5, 5.41) is 3.39. The van der Waals surface area contributed by atoms with Gasteiger partial charge < -0.3 is 10.3 Å². The predicted molar refractivity (Wildman–Crippen MR) is 62.0 cm³/mol. The normalized spacial score (nSPS) is 18.6. The second-order valence-electron chi connectivity index (χ2n) is 4.91. The van der Waals surface area contributed by atoms with Crippen LogP contribution in [0.3, 0.4) is 0 Å². The van der Waals surface area contributed by atoms with Gasteiger partial charge in [0.05, 0.1) is 0 Å². The molecule has 0 spiro atoms. The minimum absolute atomic E-state index is 0.678. The van der Waals surface area contributed by atoms with Gasteiger partial charge in [0.2, 0.25) is 0 Å². The molecule has 1 aliphatic rings. The van der Waals surface area contributed by atoms with E-state index in [9.17, 15) is 0 Å². The summed E-state index contributed by atoms with van der Waals surface area (Å²) in [6, 6.07) is 0. The maximum Gasteiger partial charge on any atom is 0.106 e. The van der Waals surface area contributed by atoms with Crippen LogP contribution in [-0.4, -0.2) is 23.1 Å². The van der Waals surface area contributed by atoms with Gasteiger partial charge in [-0.15, -0.1) is 0 Å². The quantitative estimate of drug-likeness (QED) is 0.796. The van der Waals surface area contributed by atoms with Crippen LogP contribution in [0.1, 0.15) is 44.1 Å². The Labute approximate surface area is 91.7 Å². The average Bonchev–Trinajstić information content (AvgIpc) is 2.67. The van der Waals surface area contributed by atoms with Gasteiger partial charge >= 0.3 is 0 Å². The molecule has 3 heteroatoms. The molecule has 0 aromatic carbocycles. The van der Waals surface area contributed by atoms with E-state index in [1.165, 1.54) is 18.5 Å². The van der Waals surface area contributed by atoms with E-state index >= 15 is 0 Å². The second-order valence-corrected chi connectivity index (χ2v) is 4.91. The first kappa shape index (κ1) is 10.7. The van der Waals surface area contributed by atoms with Gasteiger partial charge in [0.15, 0.2) is 0 Å². The van der Waals surface area contributed by atoms with Crippen molar-refractivity contribution in [2.24, 2.45) is 5.92 Å². The van der Waals surface area contributed by atoms with Gasteiger partial charge in [-0.1, -0.05) is 13.8 Å². The Hall–Kier alpha value is -0.830. The Morgan fingerprint density at radius 1 is 1.40 bits per heavy atom. The van der Waals surface area contributed by atoms with E-state index in [1.807, 2.05) is 6.20 Å². The Morgan fingerprint density at radius 2 is 2.13 bits per heavy atom. The van der Waals surface area contributed by atoms with Crippen molar-refractivity contribution in [1.82, 2.24) is 15.3 Å². The van der Waals surface area contributed by atoms with E-state index in [0.717, 1.165) is 25.3 Å². The highest BCUT2D eigenvalue weighted by atomic mass is 14.9. The number of rotatable bonds is 3. The molecular weight excluding hydrogens is 186 g/mol. The average molecular weight is 207 g/mol. The molecule has 15 heavy (non-hydrogen) atoms. The van der Waals surface area contributed by atoms with Crippen LogP contribution in [0, 0.1) is 5.92 Å². The number of aromatic amines is 1. The van der Waals surface area contributed by atoms with Crippen LogP contribution in [0.4, 0.5) is 0 Å². The molecule has 1 fully saturated rings. The van der Waals surface area contributed by atoms with Crippen LogP contribution < -0.4 is 5.32 Å². The fourth-order valence-electron chi connectivity index (χ4n) is 2.21. The van der Waals surface area contributed by atoms with Gasteiger partial charge in [-0.05, 0) is 31.8 Å². The van der Waals surface area contributed by atoms with Crippen molar-refractivity contribution in [3.63, 3.8) is 0 Å². The van der Waals surface area contributed by atoms with Crippen molar-refractivity contribution in [2.75, 3.05) is 13.1 Å². The highest BCUT2D eigenvalue weighted by Crippen LogP contribution is 2.23. The van der Waals surface area contributed by atoms with Crippen LogP contribution in [0.25, 0.3) is 0 Å². The van der Waals surface area contributed by atoms with Crippen molar-refractivity contribution in [3.05, 3.63) is 17.7 Å². The van der Waals surface area contributed by atoms with E-state index < -0.39 is 0 Å². The number of piperidine rings is 1. The lowest BCUT2D eigenvalue weighted by Gasteiger charge is -2.21. The van der Waals surface area contributed by atoms with Gasteiger partial charge in [0, 0.05) is 24.2 Å². The lowest BCUT2D eigenvalue weighted by molar-refractivity contribution is 0.453. The summed E-state index contributed by atoms with van der Waals surface area (Å²) in [4.78, 5) is 7.93. The van der Waals surface area contributed by atoms with Crippen molar-refractivity contribution >= 4 is 0 Å².